The van der Waals surface area contributed by atoms with Crippen molar-refractivity contribution in [2.24, 2.45) is 0 Å². The largest absolute Gasteiger partial charge is 0.494 e. The Kier molecular flexibility index (Phi) is 2.88. The molecule has 2 aliphatic heterocycles. The molecule has 1 fully saturated rings. The Morgan fingerprint density at radius 1 is 1.10 bits per heavy atom. The smallest absolute Gasteiger partial charge is 0.399 e. The van der Waals surface area contributed by atoms with E-state index in [2.05, 4.69) is 0 Å². The SMILES string of the molecule is CC1(C)OB(c2ccc3c(c2)S(=O)(=O)CC3)OC1(C)C. The van der Waals surface area contributed by atoms with E-state index >= 15 is 0 Å². The lowest BCUT2D eigenvalue weighted by Gasteiger charge is -2.32. The summed E-state index contributed by atoms with van der Waals surface area (Å²) < 4.78 is 35.9. The predicted molar refractivity (Wildman–Crippen MR) is 77.9 cm³/mol. The van der Waals surface area contributed by atoms with Crippen molar-refractivity contribution in [2.45, 2.75) is 50.2 Å². The Hall–Kier alpha value is -0.845. The maximum Gasteiger partial charge on any atom is 0.494 e. The number of fused-ring (bicyclic) bond motifs is 1. The maximum absolute atomic E-state index is 12.0. The van der Waals surface area contributed by atoms with Gasteiger partial charge in [0.1, 0.15) is 0 Å². The molecule has 0 aliphatic carbocycles. The van der Waals surface area contributed by atoms with Gasteiger partial charge in [0, 0.05) is 0 Å². The van der Waals surface area contributed by atoms with Crippen molar-refractivity contribution >= 4 is 22.4 Å². The molecule has 3 rings (SSSR count). The molecule has 1 saturated heterocycles. The number of hydrogen-bond donors (Lipinski definition) is 0. The van der Waals surface area contributed by atoms with E-state index in [1.165, 1.54) is 0 Å². The standard InChI is InChI=1S/C14H19BO4S/c1-13(2)14(3,4)19-15(18-13)11-6-5-10-7-8-20(16,17)12(10)9-11/h5-6,9H,7-8H2,1-4H3. The minimum atomic E-state index is -3.13. The third-order valence-electron chi connectivity index (χ3n) is 4.59. The molecule has 2 aliphatic rings. The van der Waals surface area contributed by atoms with Crippen LogP contribution < -0.4 is 5.46 Å². The van der Waals surface area contributed by atoms with Gasteiger partial charge in [-0.15, -0.1) is 0 Å². The summed E-state index contributed by atoms with van der Waals surface area (Å²) in [5.41, 5.74) is 0.823. The molecule has 2 heterocycles. The van der Waals surface area contributed by atoms with Crippen LogP contribution in [-0.2, 0) is 25.6 Å². The van der Waals surface area contributed by atoms with Crippen LogP contribution >= 0.6 is 0 Å². The average molecular weight is 294 g/mol. The third kappa shape index (κ3) is 2.01. The molecule has 4 nitrogen and oxygen atoms in total. The molecule has 1 aromatic carbocycles. The molecule has 1 aromatic rings. The molecule has 0 atom stereocenters. The van der Waals surface area contributed by atoms with Gasteiger partial charge in [-0.2, -0.15) is 0 Å². The van der Waals surface area contributed by atoms with Crippen molar-refractivity contribution in [3.05, 3.63) is 23.8 Å². The zero-order chi connectivity index (χ0) is 14.8. The number of rotatable bonds is 1. The molecule has 0 N–H and O–H groups in total. The van der Waals surface area contributed by atoms with Gasteiger partial charge < -0.3 is 9.31 Å². The second-order valence-electron chi connectivity index (χ2n) is 6.52. The van der Waals surface area contributed by atoms with Crippen LogP contribution in [0.4, 0.5) is 0 Å². The fourth-order valence-electron chi connectivity index (χ4n) is 2.55. The van der Waals surface area contributed by atoms with Crippen LogP contribution in [-0.4, -0.2) is 32.5 Å². The number of sulfone groups is 1. The molecular weight excluding hydrogens is 275 g/mol. The number of hydrogen-bond acceptors (Lipinski definition) is 4. The Balaban J connectivity index is 1.99. The molecule has 0 amide bonds. The quantitative estimate of drug-likeness (QED) is 0.733. The first-order valence-electron chi connectivity index (χ1n) is 6.84. The van der Waals surface area contributed by atoms with Gasteiger partial charge in [0.25, 0.3) is 0 Å². The molecule has 20 heavy (non-hydrogen) atoms. The van der Waals surface area contributed by atoms with Gasteiger partial charge in [-0.05, 0) is 51.2 Å². The summed E-state index contributed by atoms with van der Waals surface area (Å²) in [6.45, 7) is 7.93. The molecule has 0 radical (unpaired) electrons. The van der Waals surface area contributed by atoms with E-state index in [1.807, 2.05) is 39.8 Å². The minimum Gasteiger partial charge on any atom is -0.399 e. The first-order chi connectivity index (χ1) is 9.12. The van der Waals surface area contributed by atoms with Gasteiger partial charge >= 0.3 is 7.12 Å². The van der Waals surface area contributed by atoms with Crippen molar-refractivity contribution in [2.75, 3.05) is 5.75 Å². The van der Waals surface area contributed by atoms with E-state index in [1.54, 1.807) is 6.07 Å². The first kappa shape index (κ1) is 14.1. The summed E-state index contributed by atoms with van der Waals surface area (Å²) in [6.07, 6.45) is 0.599. The van der Waals surface area contributed by atoms with Gasteiger partial charge in [-0.3, -0.25) is 0 Å². The van der Waals surface area contributed by atoms with Gasteiger partial charge in [-0.1, -0.05) is 12.1 Å². The second kappa shape index (κ2) is 4.09. The van der Waals surface area contributed by atoms with Gasteiger partial charge in [0.15, 0.2) is 9.84 Å². The number of aryl methyl sites for hydroxylation is 1. The Labute approximate surface area is 120 Å². The fourth-order valence-corrected chi connectivity index (χ4v) is 4.14. The van der Waals surface area contributed by atoms with Crippen molar-refractivity contribution in [1.82, 2.24) is 0 Å². The average Bonchev–Trinajstić information content (AvgIpc) is 2.74. The van der Waals surface area contributed by atoms with Crippen LogP contribution in [0.2, 0.25) is 0 Å². The van der Waals surface area contributed by atoms with Gasteiger partial charge in [-0.25, -0.2) is 8.42 Å². The molecule has 6 heteroatoms. The first-order valence-corrected chi connectivity index (χ1v) is 8.49. The zero-order valence-electron chi connectivity index (χ0n) is 12.3. The Bertz CT molecular complexity index is 648. The molecule has 108 valence electrons. The van der Waals surface area contributed by atoms with E-state index in [0.717, 1.165) is 11.0 Å². The normalized spacial score (nSPS) is 25.7. The topological polar surface area (TPSA) is 52.6 Å². The van der Waals surface area contributed by atoms with Crippen LogP contribution in [0.25, 0.3) is 0 Å². The van der Waals surface area contributed by atoms with Crippen LogP contribution in [0.15, 0.2) is 23.1 Å². The summed E-state index contributed by atoms with van der Waals surface area (Å²) in [4.78, 5) is 0.435. The highest BCUT2D eigenvalue weighted by atomic mass is 32.2. The van der Waals surface area contributed by atoms with Crippen LogP contribution in [0.3, 0.4) is 0 Å². The van der Waals surface area contributed by atoms with E-state index < -0.39 is 28.2 Å². The van der Waals surface area contributed by atoms with Crippen molar-refractivity contribution in [3.8, 4) is 0 Å². The van der Waals surface area contributed by atoms with Crippen molar-refractivity contribution in [1.29, 1.82) is 0 Å². The third-order valence-corrected chi connectivity index (χ3v) is 6.38. The lowest BCUT2D eigenvalue weighted by molar-refractivity contribution is 0.00578. The van der Waals surface area contributed by atoms with E-state index in [-0.39, 0.29) is 5.75 Å². The van der Waals surface area contributed by atoms with Crippen LogP contribution in [0.5, 0.6) is 0 Å². The van der Waals surface area contributed by atoms with Crippen LogP contribution in [0, 0.1) is 0 Å². The highest BCUT2D eigenvalue weighted by Crippen LogP contribution is 2.37. The van der Waals surface area contributed by atoms with Crippen molar-refractivity contribution < 1.29 is 17.7 Å². The maximum atomic E-state index is 12.0. The lowest BCUT2D eigenvalue weighted by Crippen LogP contribution is -2.41. The summed E-state index contributed by atoms with van der Waals surface area (Å²) in [6, 6.07) is 5.49. The molecule has 0 unspecified atom stereocenters. The second-order valence-corrected chi connectivity index (χ2v) is 8.60. The minimum absolute atomic E-state index is 0.204. The molecule has 0 aromatic heterocycles. The summed E-state index contributed by atoms with van der Waals surface area (Å²) >= 11 is 0. The van der Waals surface area contributed by atoms with Crippen molar-refractivity contribution in [3.63, 3.8) is 0 Å². The van der Waals surface area contributed by atoms with E-state index in [9.17, 15) is 8.42 Å². The lowest BCUT2D eigenvalue weighted by atomic mass is 9.79. The van der Waals surface area contributed by atoms with E-state index in [4.69, 9.17) is 9.31 Å². The predicted octanol–water partition coefficient (Wildman–Crippen LogP) is 1.32. The van der Waals surface area contributed by atoms with Gasteiger partial charge in [0.05, 0.1) is 21.9 Å². The molecular formula is C14H19BO4S. The summed E-state index contributed by atoms with van der Waals surface area (Å²) in [7, 11) is -3.64. The molecule has 0 bridgehead atoms. The highest BCUT2D eigenvalue weighted by molar-refractivity contribution is 7.91. The summed E-state index contributed by atoms with van der Waals surface area (Å²) in [5, 5.41) is 0. The Morgan fingerprint density at radius 3 is 2.30 bits per heavy atom. The summed E-state index contributed by atoms with van der Waals surface area (Å²) in [5.74, 6) is 0.204. The Morgan fingerprint density at radius 2 is 1.70 bits per heavy atom. The van der Waals surface area contributed by atoms with E-state index in [0.29, 0.717) is 11.3 Å². The zero-order valence-corrected chi connectivity index (χ0v) is 13.1. The molecule has 0 spiro atoms. The molecule has 0 saturated carbocycles. The van der Waals surface area contributed by atoms with Gasteiger partial charge in [0.2, 0.25) is 0 Å². The highest BCUT2D eigenvalue weighted by Gasteiger charge is 2.51. The fraction of sp³-hybridized carbons (Fsp3) is 0.571. The monoisotopic (exact) mass is 294 g/mol. The van der Waals surface area contributed by atoms with Crippen LogP contribution in [0.1, 0.15) is 33.3 Å². The number of benzene rings is 1.